The molecule has 0 bridgehead atoms. The van der Waals surface area contributed by atoms with Gasteiger partial charge in [0.1, 0.15) is 6.04 Å². The molecule has 0 unspecified atom stereocenters. The lowest BCUT2D eigenvalue weighted by atomic mass is 10.1. The van der Waals surface area contributed by atoms with Gasteiger partial charge in [0.05, 0.1) is 37.4 Å². The number of nitrogens with zero attached hydrogens (tertiary/aromatic N) is 1. The Morgan fingerprint density at radius 3 is 2.36 bits per heavy atom. The standard InChI is InChI=1S/C28H32ClN3O6S/c1-18-10-12-21(29)17-24(18)32(39(5,35)36)19(2)27(33)31-23-9-7-6-8-22(23)28(34)30-15-14-20-11-13-25(37-3)26(16-20)38-4/h6-13,16-17,19H,14-15H2,1-5H3,(H,30,34)(H,31,33)/t19-/m1/s1. The number of hydrogen-bond donors (Lipinski definition) is 2. The van der Waals surface area contributed by atoms with Crippen molar-refractivity contribution in [1.29, 1.82) is 0 Å². The van der Waals surface area contributed by atoms with Gasteiger partial charge in [0.25, 0.3) is 5.91 Å². The van der Waals surface area contributed by atoms with Crippen LogP contribution in [0.2, 0.25) is 5.02 Å². The Labute approximate surface area is 234 Å². The maximum absolute atomic E-state index is 13.3. The first kappa shape index (κ1) is 29.8. The summed E-state index contributed by atoms with van der Waals surface area (Å²) in [5.74, 6) is 0.221. The van der Waals surface area contributed by atoms with Crippen LogP contribution >= 0.6 is 11.6 Å². The maximum atomic E-state index is 13.3. The third-order valence-corrected chi connectivity index (χ3v) is 7.54. The number of carbonyl (C=O) groups is 2. The van der Waals surface area contributed by atoms with Crippen LogP contribution in [0.25, 0.3) is 0 Å². The average molecular weight is 574 g/mol. The van der Waals surface area contributed by atoms with E-state index in [0.29, 0.717) is 40.7 Å². The second-order valence-corrected chi connectivity index (χ2v) is 11.2. The number of aryl methyl sites for hydroxylation is 1. The molecule has 0 aliphatic heterocycles. The minimum Gasteiger partial charge on any atom is -0.493 e. The van der Waals surface area contributed by atoms with Crippen LogP contribution in [0.3, 0.4) is 0 Å². The van der Waals surface area contributed by atoms with Crippen molar-refractivity contribution in [2.45, 2.75) is 26.3 Å². The molecule has 11 heteroatoms. The van der Waals surface area contributed by atoms with E-state index >= 15 is 0 Å². The second kappa shape index (κ2) is 12.9. The number of methoxy groups -OCH3 is 2. The molecule has 2 N–H and O–H groups in total. The number of rotatable bonds is 11. The monoisotopic (exact) mass is 573 g/mol. The number of ether oxygens (including phenoxy) is 2. The summed E-state index contributed by atoms with van der Waals surface area (Å²) >= 11 is 6.11. The summed E-state index contributed by atoms with van der Waals surface area (Å²) in [4.78, 5) is 26.3. The fraction of sp³-hybridized carbons (Fsp3) is 0.286. The van der Waals surface area contributed by atoms with Gasteiger partial charge in [-0.3, -0.25) is 13.9 Å². The SMILES string of the molecule is COc1ccc(CCNC(=O)c2ccccc2NC(=O)[C@@H](C)N(c2cc(Cl)ccc2C)S(C)(=O)=O)cc1OC. The molecule has 3 aromatic rings. The molecular weight excluding hydrogens is 542 g/mol. The van der Waals surface area contributed by atoms with Crippen molar-refractivity contribution in [3.8, 4) is 11.5 Å². The zero-order valence-electron chi connectivity index (χ0n) is 22.4. The highest BCUT2D eigenvalue weighted by atomic mass is 35.5. The largest absolute Gasteiger partial charge is 0.493 e. The van der Waals surface area contributed by atoms with E-state index in [2.05, 4.69) is 10.6 Å². The van der Waals surface area contributed by atoms with Crippen molar-refractivity contribution in [2.24, 2.45) is 0 Å². The molecule has 0 aliphatic carbocycles. The Morgan fingerprint density at radius 1 is 1.00 bits per heavy atom. The molecule has 0 spiro atoms. The molecule has 2 amide bonds. The molecule has 3 aromatic carbocycles. The van der Waals surface area contributed by atoms with Crippen LogP contribution in [0.4, 0.5) is 11.4 Å². The van der Waals surface area contributed by atoms with E-state index in [9.17, 15) is 18.0 Å². The molecule has 0 aliphatic rings. The van der Waals surface area contributed by atoms with E-state index in [4.69, 9.17) is 21.1 Å². The summed E-state index contributed by atoms with van der Waals surface area (Å²) in [6.07, 6.45) is 1.57. The van der Waals surface area contributed by atoms with Crippen molar-refractivity contribution < 1.29 is 27.5 Å². The van der Waals surface area contributed by atoms with Crippen LogP contribution in [0.1, 0.15) is 28.4 Å². The average Bonchev–Trinajstić information content (AvgIpc) is 2.90. The van der Waals surface area contributed by atoms with Crippen molar-refractivity contribution in [1.82, 2.24) is 5.32 Å². The summed E-state index contributed by atoms with van der Waals surface area (Å²) in [6, 6.07) is 15.8. The summed E-state index contributed by atoms with van der Waals surface area (Å²) in [6.45, 7) is 3.54. The number of halogens is 1. The predicted octanol–water partition coefficient (Wildman–Crippen LogP) is 4.43. The van der Waals surface area contributed by atoms with E-state index in [1.54, 1.807) is 63.6 Å². The van der Waals surface area contributed by atoms with Gasteiger partial charge < -0.3 is 20.1 Å². The lowest BCUT2D eigenvalue weighted by molar-refractivity contribution is -0.116. The molecule has 0 radical (unpaired) electrons. The molecule has 1 atom stereocenters. The van der Waals surface area contributed by atoms with Crippen LogP contribution in [0.15, 0.2) is 60.7 Å². The Hall–Kier alpha value is -3.76. The van der Waals surface area contributed by atoms with Gasteiger partial charge in [0.2, 0.25) is 15.9 Å². The Kier molecular flexibility index (Phi) is 9.82. The van der Waals surface area contributed by atoms with E-state index in [1.165, 1.54) is 13.0 Å². The zero-order chi connectivity index (χ0) is 28.7. The number of carbonyl (C=O) groups excluding carboxylic acids is 2. The third kappa shape index (κ3) is 7.42. The fourth-order valence-corrected chi connectivity index (χ4v) is 5.47. The summed E-state index contributed by atoms with van der Waals surface area (Å²) in [5.41, 5.74) is 2.39. The highest BCUT2D eigenvalue weighted by molar-refractivity contribution is 7.92. The van der Waals surface area contributed by atoms with Gasteiger partial charge in [0, 0.05) is 11.6 Å². The topological polar surface area (TPSA) is 114 Å². The number of sulfonamides is 1. The van der Waals surface area contributed by atoms with E-state index in [0.717, 1.165) is 16.1 Å². The Balaban J connectivity index is 1.74. The van der Waals surface area contributed by atoms with Crippen LogP contribution in [-0.2, 0) is 21.2 Å². The fourth-order valence-electron chi connectivity index (χ4n) is 4.08. The summed E-state index contributed by atoms with van der Waals surface area (Å²) in [5, 5.41) is 5.91. The maximum Gasteiger partial charge on any atom is 0.253 e. The lowest BCUT2D eigenvalue weighted by Gasteiger charge is -2.29. The molecule has 0 saturated heterocycles. The van der Waals surface area contributed by atoms with E-state index in [-0.39, 0.29) is 17.2 Å². The smallest absolute Gasteiger partial charge is 0.253 e. The van der Waals surface area contributed by atoms with Crippen LogP contribution in [0.5, 0.6) is 11.5 Å². The number of anilines is 2. The second-order valence-electron chi connectivity index (χ2n) is 8.90. The molecule has 0 saturated carbocycles. The Bertz CT molecular complexity index is 1460. The van der Waals surface area contributed by atoms with E-state index in [1.807, 2.05) is 12.1 Å². The van der Waals surface area contributed by atoms with Gasteiger partial charge in [-0.25, -0.2) is 8.42 Å². The number of benzene rings is 3. The van der Waals surface area contributed by atoms with Gasteiger partial charge in [-0.15, -0.1) is 0 Å². The summed E-state index contributed by atoms with van der Waals surface area (Å²) in [7, 11) is -0.733. The molecule has 0 heterocycles. The highest BCUT2D eigenvalue weighted by Crippen LogP contribution is 2.29. The van der Waals surface area contributed by atoms with Crippen molar-refractivity contribution in [3.63, 3.8) is 0 Å². The first-order valence-corrected chi connectivity index (χ1v) is 14.3. The van der Waals surface area contributed by atoms with Crippen LogP contribution in [0, 0.1) is 6.92 Å². The van der Waals surface area contributed by atoms with E-state index < -0.39 is 22.0 Å². The summed E-state index contributed by atoms with van der Waals surface area (Å²) < 4.78 is 37.0. The zero-order valence-corrected chi connectivity index (χ0v) is 24.0. The third-order valence-electron chi connectivity index (χ3n) is 6.07. The first-order valence-electron chi connectivity index (χ1n) is 12.1. The number of amides is 2. The highest BCUT2D eigenvalue weighted by Gasteiger charge is 2.31. The quantitative estimate of drug-likeness (QED) is 0.351. The molecule has 0 fully saturated rings. The predicted molar refractivity (Wildman–Crippen MR) is 154 cm³/mol. The van der Waals surface area contributed by atoms with Gasteiger partial charge in [-0.05, 0) is 67.8 Å². The van der Waals surface area contributed by atoms with Gasteiger partial charge >= 0.3 is 0 Å². The normalized spacial score (nSPS) is 11.8. The number of nitrogens with one attached hydrogen (secondary N) is 2. The minimum absolute atomic E-state index is 0.246. The van der Waals surface area contributed by atoms with Crippen molar-refractivity contribution in [2.75, 3.05) is 36.6 Å². The molecule has 0 aromatic heterocycles. The molecular formula is C28H32ClN3O6S. The molecule has 39 heavy (non-hydrogen) atoms. The van der Waals surface area contributed by atoms with Gasteiger partial charge in [-0.1, -0.05) is 35.9 Å². The Morgan fingerprint density at radius 2 is 1.69 bits per heavy atom. The van der Waals surface area contributed by atoms with Gasteiger partial charge in [-0.2, -0.15) is 0 Å². The van der Waals surface area contributed by atoms with Crippen molar-refractivity contribution >= 4 is 44.8 Å². The molecule has 3 rings (SSSR count). The van der Waals surface area contributed by atoms with Crippen molar-refractivity contribution in [3.05, 3.63) is 82.4 Å². The number of para-hydroxylation sites is 1. The van der Waals surface area contributed by atoms with Crippen LogP contribution < -0.4 is 24.4 Å². The van der Waals surface area contributed by atoms with Crippen LogP contribution in [-0.4, -0.2) is 53.3 Å². The first-order chi connectivity index (χ1) is 18.5. The minimum atomic E-state index is -3.85. The molecule has 9 nitrogen and oxygen atoms in total. The molecule has 208 valence electrons. The number of hydrogen-bond acceptors (Lipinski definition) is 6. The lowest BCUT2D eigenvalue weighted by Crippen LogP contribution is -2.46. The van der Waals surface area contributed by atoms with Gasteiger partial charge in [0.15, 0.2) is 11.5 Å².